The first-order chi connectivity index (χ1) is 6.84. The van der Waals surface area contributed by atoms with Crippen LogP contribution in [0.5, 0.6) is 0 Å². The average molecular weight is 243 g/mol. The molecular formula is C13H16Cl2. The third-order valence-corrected chi connectivity index (χ3v) is 4.21. The van der Waals surface area contributed by atoms with E-state index in [0.29, 0.717) is 0 Å². The van der Waals surface area contributed by atoms with E-state index in [1.807, 2.05) is 0 Å². The van der Waals surface area contributed by atoms with Gasteiger partial charge in [-0.15, -0.1) is 11.6 Å². The van der Waals surface area contributed by atoms with E-state index in [9.17, 15) is 0 Å². The number of benzene rings is 1. The summed E-state index contributed by atoms with van der Waals surface area (Å²) in [4.78, 5) is 0. The highest BCUT2D eigenvalue weighted by atomic mass is 35.5. The van der Waals surface area contributed by atoms with E-state index in [0.717, 1.165) is 17.0 Å². The molecule has 1 aromatic carbocycles. The number of aryl methyl sites for hydroxylation is 1. The smallest absolute Gasteiger partial charge is 0.0599 e. The van der Waals surface area contributed by atoms with E-state index in [1.54, 1.807) is 0 Å². The minimum Gasteiger partial charge on any atom is -0.118 e. The lowest BCUT2D eigenvalue weighted by Gasteiger charge is -2.22. The van der Waals surface area contributed by atoms with Gasteiger partial charge in [0.05, 0.1) is 5.38 Å². The van der Waals surface area contributed by atoms with Gasteiger partial charge in [-0.25, -0.2) is 0 Å². The van der Waals surface area contributed by atoms with Gasteiger partial charge >= 0.3 is 0 Å². The van der Waals surface area contributed by atoms with Gasteiger partial charge in [0.25, 0.3) is 0 Å². The quantitative estimate of drug-likeness (QED) is 0.567. The minimum atomic E-state index is 0.118. The summed E-state index contributed by atoms with van der Waals surface area (Å²) in [6.45, 7) is 8.71. The first kappa shape index (κ1) is 11.3. The van der Waals surface area contributed by atoms with Crippen LogP contribution in [-0.4, -0.2) is 0 Å². The summed E-state index contributed by atoms with van der Waals surface area (Å²) >= 11 is 12.6. The van der Waals surface area contributed by atoms with Gasteiger partial charge in [-0.1, -0.05) is 25.4 Å². The Kier molecular flexibility index (Phi) is 2.56. The Morgan fingerprint density at radius 3 is 2.53 bits per heavy atom. The second-order valence-electron chi connectivity index (χ2n) is 5.14. The summed E-state index contributed by atoms with van der Waals surface area (Å²) in [5.41, 5.74) is 5.29. The fourth-order valence-corrected chi connectivity index (χ4v) is 3.77. The van der Waals surface area contributed by atoms with Crippen LogP contribution in [0.25, 0.3) is 0 Å². The van der Waals surface area contributed by atoms with Gasteiger partial charge in [-0.3, -0.25) is 0 Å². The van der Waals surface area contributed by atoms with Crippen molar-refractivity contribution in [2.45, 2.75) is 44.9 Å². The van der Waals surface area contributed by atoms with E-state index in [4.69, 9.17) is 23.2 Å². The summed E-state index contributed by atoms with van der Waals surface area (Å²) < 4.78 is 0. The molecule has 0 saturated carbocycles. The molecule has 1 aromatic rings. The van der Waals surface area contributed by atoms with Gasteiger partial charge < -0.3 is 0 Å². The van der Waals surface area contributed by atoms with Gasteiger partial charge in [-0.05, 0) is 54.0 Å². The van der Waals surface area contributed by atoms with Crippen molar-refractivity contribution in [1.29, 1.82) is 0 Å². The summed E-state index contributed by atoms with van der Waals surface area (Å²) in [6, 6.07) is 2.06. The maximum atomic E-state index is 6.42. The van der Waals surface area contributed by atoms with E-state index in [2.05, 4.69) is 33.8 Å². The highest BCUT2D eigenvalue weighted by Gasteiger charge is 2.38. The lowest BCUT2D eigenvalue weighted by atomic mass is 9.83. The van der Waals surface area contributed by atoms with Crippen molar-refractivity contribution in [3.63, 3.8) is 0 Å². The Labute approximate surface area is 102 Å². The highest BCUT2D eigenvalue weighted by molar-refractivity contribution is 6.32. The van der Waals surface area contributed by atoms with E-state index >= 15 is 0 Å². The van der Waals surface area contributed by atoms with Crippen LogP contribution in [0.2, 0.25) is 5.02 Å². The van der Waals surface area contributed by atoms with Crippen LogP contribution < -0.4 is 0 Å². The Balaban J connectivity index is 2.78. The molecule has 1 unspecified atom stereocenters. The number of halogens is 2. The van der Waals surface area contributed by atoms with Crippen molar-refractivity contribution in [3.05, 3.63) is 33.3 Å². The molecule has 0 aliphatic heterocycles. The summed E-state index contributed by atoms with van der Waals surface area (Å²) in [7, 11) is 0. The Morgan fingerprint density at radius 1 is 1.33 bits per heavy atom. The van der Waals surface area contributed by atoms with Crippen LogP contribution in [-0.2, 0) is 5.41 Å². The summed E-state index contributed by atoms with van der Waals surface area (Å²) in [5, 5.41) is 0.960. The standard InChI is InChI=1S/C13H16Cl2/c1-7-5-9(14)8(2)11-10(15)6-13(3,4)12(7)11/h5,10H,6H2,1-4H3. The number of alkyl halides is 1. The van der Waals surface area contributed by atoms with Gasteiger partial charge in [0, 0.05) is 5.02 Å². The second kappa shape index (κ2) is 3.40. The third kappa shape index (κ3) is 1.59. The average Bonchev–Trinajstić information content (AvgIpc) is 2.32. The van der Waals surface area contributed by atoms with Crippen molar-refractivity contribution < 1.29 is 0 Å². The summed E-state index contributed by atoms with van der Waals surface area (Å²) in [6.07, 6.45) is 1.01. The molecular weight excluding hydrogens is 227 g/mol. The molecule has 0 nitrogen and oxygen atoms in total. The first-order valence-electron chi connectivity index (χ1n) is 5.29. The zero-order valence-corrected chi connectivity index (χ0v) is 11.1. The maximum absolute atomic E-state index is 6.42. The third-order valence-electron chi connectivity index (χ3n) is 3.45. The zero-order valence-electron chi connectivity index (χ0n) is 9.62. The Morgan fingerprint density at radius 2 is 1.93 bits per heavy atom. The van der Waals surface area contributed by atoms with Crippen molar-refractivity contribution in [3.8, 4) is 0 Å². The normalized spacial score (nSPS) is 22.9. The monoisotopic (exact) mass is 242 g/mol. The van der Waals surface area contributed by atoms with E-state index in [1.165, 1.54) is 16.7 Å². The van der Waals surface area contributed by atoms with Gasteiger partial charge in [0.15, 0.2) is 0 Å². The molecule has 0 N–H and O–H groups in total. The van der Waals surface area contributed by atoms with Crippen molar-refractivity contribution >= 4 is 23.2 Å². The predicted molar refractivity (Wildman–Crippen MR) is 67.2 cm³/mol. The van der Waals surface area contributed by atoms with E-state index < -0.39 is 0 Å². The molecule has 0 heterocycles. The molecule has 0 bridgehead atoms. The SMILES string of the molecule is Cc1cc(Cl)c(C)c2c1C(C)(C)CC2Cl. The number of hydrogen-bond donors (Lipinski definition) is 0. The lowest BCUT2D eigenvalue weighted by Crippen LogP contribution is -2.13. The molecule has 0 spiro atoms. The van der Waals surface area contributed by atoms with Crippen LogP contribution in [0, 0.1) is 13.8 Å². The maximum Gasteiger partial charge on any atom is 0.0599 e. The van der Waals surface area contributed by atoms with Crippen molar-refractivity contribution in [2.75, 3.05) is 0 Å². The minimum absolute atomic E-state index is 0.118. The molecule has 82 valence electrons. The lowest BCUT2D eigenvalue weighted by molar-refractivity contribution is 0.514. The zero-order chi connectivity index (χ0) is 11.4. The van der Waals surface area contributed by atoms with Crippen molar-refractivity contribution in [2.24, 2.45) is 0 Å². The molecule has 0 radical (unpaired) electrons. The van der Waals surface area contributed by atoms with Crippen LogP contribution in [0.1, 0.15) is 47.9 Å². The van der Waals surface area contributed by atoms with Gasteiger partial charge in [-0.2, -0.15) is 0 Å². The van der Waals surface area contributed by atoms with Crippen LogP contribution in [0.3, 0.4) is 0 Å². The Bertz CT molecular complexity index is 419. The molecule has 2 heteroatoms. The number of rotatable bonds is 0. The Hall–Kier alpha value is -0.200. The van der Waals surface area contributed by atoms with E-state index in [-0.39, 0.29) is 10.8 Å². The summed E-state index contributed by atoms with van der Waals surface area (Å²) in [5.74, 6) is 0. The molecule has 2 rings (SSSR count). The molecule has 0 aromatic heterocycles. The fourth-order valence-electron chi connectivity index (χ4n) is 2.84. The fraction of sp³-hybridized carbons (Fsp3) is 0.538. The topological polar surface area (TPSA) is 0 Å². The molecule has 1 atom stereocenters. The molecule has 1 aliphatic rings. The highest BCUT2D eigenvalue weighted by Crippen LogP contribution is 2.51. The molecule has 0 amide bonds. The predicted octanol–water partition coefficient (Wildman–Crippen LogP) is 4.92. The van der Waals surface area contributed by atoms with Gasteiger partial charge in [0.1, 0.15) is 0 Å². The number of fused-ring (bicyclic) bond motifs is 1. The second-order valence-corrected chi connectivity index (χ2v) is 6.08. The molecule has 0 saturated heterocycles. The van der Waals surface area contributed by atoms with Crippen molar-refractivity contribution in [1.82, 2.24) is 0 Å². The molecule has 0 fully saturated rings. The molecule has 15 heavy (non-hydrogen) atoms. The van der Waals surface area contributed by atoms with Crippen LogP contribution in [0.15, 0.2) is 6.07 Å². The van der Waals surface area contributed by atoms with Crippen LogP contribution in [0.4, 0.5) is 0 Å². The number of hydrogen-bond acceptors (Lipinski definition) is 0. The first-order valence-corrected chi connectivity index (χ1v) is 6.10. The largest absolute Gasteiger partial charge is 0.118 e. The van der Waals surface area contributed by atoms with Crippen LogP contribution >= 0.6 is 23.2 Å². The van der Waals surface area contributed by atoms with Gasteiger partial charge in [0.2, 0.25) is 0 Å². The molecule has 1 aliphatic carbocycles.